The number of fused-ring (bicyclic) bond motifs is 1. The van der Waals surface area contributed by atoms with E-state index in [1.54, 1.807) is 0 Å². The molecule has 0 spiro atoms. The SMILES string of the molecule is F[C]1C(F)=C(F)c2c(F)cccc21. The number of benzene rings is 1. The van der Waals surface area contributed by atoms with Crippen LogP contribution >= 0.6 is 0 Å². The van der Waals surface area contributed by atoms with Crippen molar-refractivity contribution in [3.63, 3.8) is 0 Å². The van der Waals surface area contributed by atoms with Gasteiger partial charge in [-0.3, -0.25) is 0 Å². The summed E-state index contributed by atoms with van der Waals surface area (Å²) in [6.45, 7) is 0. The van der Waals surface area contributed by atoms with Crippen molar-refractivity contribution in [3.8, 4) is 0 Å². The van der Waals surface area contributed by atoms with Gasteiger partial charge in [-0.1, -0.05) is 12.1 Å². The Bertz CT molecular complexity index is 395. The highest BCUT2D eigenvalue weighted by Gasteiger charge is 2.35. The van der Waals surface area contributed by atoms with E-state index in [2.05, 4.69) is 0 Å². The molecule has 4 heteroatoms. The summed E-state index contributed by atoms with van der Waals surface area (Å²) < 4.78 is 51.1. The average Bonchev–Trinajstić information content (AvgIpc) is 2.33. The predicted molar refractivity (Wildman–Crippen MR) is 39.0 cm³/mol. The van der Waals surface area contributed by atoms with Crippen LogP contribution < -0.4 is 0 Å². The number of hydrogen-bond donors (Lipinski definition) is 0. The molecule has 0 unspecified atom stereocenters. The maximum atomic E-state index is 12.9. The molecule has 0 fully saturated rings. The van der Waals surface area contributed by atoms with Crippen LogP contribution in [0.5, 0.6) is 0 Å². The van der Waals surface area contributed by atoms with Gasteiger partial charge in [-0.2, -0.15) is 0 Å². The Morgan fingerprint density at radius 3 is 2.15 bits per heavy atom. The van der Waals surface area contributed by atoms with E-state index in [0.29, 0.717) is 0 Å². The summed E-state index contributed by atoms with van der Waals surface area (Å²) in [5, 5.41) is 0. The minimum absolute atomic E-state index is 0.366. The van der Waals surface area contributed by atoms with E-state index >= 15 is 0 Å². The molecule has 67 valence electrons. The molecule has 1 aliphatic rings. The summed E-state index contributed by atoms with van der Waals surface area (Å²) in [5.74, 6) is -4.05. The Kier molecular flexibility index (Phi) is 1.65. The molecular weight excluding hydrogens is 184 g/mol. The summed E-state index contributed by atoms with van der Waals surface area (Å²) in [6.07, 6.45) is -1.34. The van der Waals surface area contributed by atoms with Gasteiger partial charge in [-0.15, -0.1) is 0 Å². The standard InChI is InChI=1S/C9H3F4/c10-5-3-1-2-4-6(5)8(12)9(13)7(4)11/h1-3H. The van der Waals surface area contributed by atoms with Crippen molar-refractivity contribution in [2.24, 2.45) is 0 Å². The molecule has 0 aliphatic heterocycles. The summed E-state index contributed by atoms with van der Waals surface area (Å²) in [6, 6.07) is 3.27. The van der Waals surface area contributed by atoms with Crippen molar-refractivity contribution in [1.82, 2.24) is 0 Å². The van der Waals surface area contributed by atoms with Crippen molar-refractivity contribution in [1.29, 1.82) is 0 Å². The van der Waals surface area contributed by atoms with Gasteiger partial charge in [0.2, 0.25) is 6.17 Å². The van der Waals surface area contributed by atoms with E-state index < -0.39 is 29.2 Å². The fourth-order valence-corrected chi connectivity index (χ4v) is 1.25. The maximum absolute atomic E-state index is 12.9. The van der Waals surface area contributed by atoms with E-state index in [1.807, 2.05) is 0 Å². The Morgan fingerprint density at radius 1 is 0.846 bits per heavy atom. The van der Waals surface area contributed by atoms with Crippen molar-refractivity contribution in [2.75, 3.05) is 0 Å². The van der Waals surface area contributed by atoms with Crippen molar-refractivity contribution >= 4 is 5.83 Å². The second-order valence-electron chi connectivity index (χ2n) is 2.60. The molecule has 0 aromatic heterocycles. The summed E-state index contributed by atoms with van der Waals surface area (Å²) >= 11 is 0. The molecule has 0 atom stereocenters. The monoisotopic (exact) mass is 187 g/mol. The largest absolute Gasteiger partial charge is 0.235 e. The van der Waals surface area contributed by atoms with Gasteiger partial charge in [0.15, 0.2) is 11.7 Å². The summed E-state index contributed by atoms with van der Waals surface area (Å²) in [4.78, 5) is 0. The van der Waals surface area contributed by atoms with E-state index in [1.165, 1.54) is 6.07 Å². The van der Waals surface area contributed by atoms with Crippen LogP contribution in [0, 0.1) is 12.0 Å². The molecule has 13 heavy (non-hydrogen) atoms. The van der Waals surface area contributed by atoms with Crippen LogP contribution in [0.15, 0.2) is 24.0 Å². The second kappa shape index (κ2) is 2.58. The third-order valence-electron chi connectivity index (χ3n) is 1.85. The zero-order valence-corrected chi connectivity index (χ0v) is 6.24. The van der Waals surface area contributed by atoms with Gasteiger partial charge in [0.05, 0.1) is 5.56 Å². The molecular formula is C9H3F4. The smallest absolute Gasteiger partial charge is 0.226 e. The molecule has 0 saturated heterocycles. The molecule has 1 aromatic carbocycles. The Morgan fingerprint density at radius 2 is 1.54 bits per heavy atom. The first-order valence-corrected chi connectivity index (χ1v) is 3.50. The summed E-state index contributed by atoms with van der Waals surface area (Å²) in [7, 11) is 0. The molecule has 0 amide bonds. The molecule has 2 rings (SSSR count). The molecule has 0 heterocycles. The first-order valence-electron chi connectivity index (χ1n) is 3.50. The van der Waals surface area contributed by atoms with Crippen LogP contribution in [0.1, 0.15) is 11.1 Å². The van der Waals surface area contributed by atoms with Crippen LogP contribution in [-0.4, -0.2) is 0 Å². The van der Waals surface area contributed by atoms with Crippen LogP contribution in [0.4, 0.5) is 17.6 Å². The zero-order valence-electron chi connectivity index (χ0n) is 6.24. The van der Waals surface area contributed by atoms with Crippen molar-refractivity contribution in [3.05, 3.63) is 47.1 Å². The Balaban J connectivity index is 2.72. The topological polar surface area (TPSA) is 0 Å². The number of halogens is 4. The quantitative estimate of drug-likeness (QED) is 0.546. The van der Waals surface area contributed by atoms with E-state index in [0.717, 1.165) is 12.1 Å². The molecule has 1 aliphatic carbocycles. The van der Waals surface area contributed by atoms with Crippen LogP contribution in [0.25, 0.3) is 5.83 Å². The minimum Gasteiger partial charge on any atom is -0.226 e. The van der Waals surface area contributed by atoms with Crippen molar-refractivity contribution < 1.29 is 17.6 Å². The van der Waals surface area contributed by atoms with E-state index in [4.69, 9.17) is 0 Å². The highest BCUT2D eigenvalue weighted by molar-refractivity contribution is 5.76. The lowest BCUT2D eigenvalue weighted by Gasteiger charge is -1.99. The third-order valence-corrected chi connectivity index (χ3v) is 1.85. The van der Waals surface area contributed by atoms with Gasteiger partial charge >= 0.3 is 0 Å². The van der Waals surface area contributed by atoms with Gasteiger partial charge in [0.1, 0.15) is 5.82 Å². The highest BCUT2D eigenvalue weighted by atomic mass is 19.2. The number of hydrogen-bond acceptors (Lipinski definition) is 0. The lowest BCUT2D eigenvalue weighted by atomic mass is 10.1. The van der Waals surface area contributed by atoms with Gasteiger partial charge in [0.25, 0.3) is 0 Å². The van der Waals surface area contributed by atoms with E-state index in [-0.39, 0.29) is 5.56 Å². The molecule has 0 N–H and O–H groups in total. The number of allylic oxidation sites excluding steroid dienone is 1. The zero-order chi connectivity index (χ0) is 9.59. The van der Waals surface area contributed by atoms with Crippen LogP contribution in [-0.2, 0) is 0 Å². The predicted octanol–water partition coefficient (Wildman–Crippen LogP) is 3.30. The number of rotatable bonds is 0. The minimum atomic E-state index is -1.62. The first kappa shape index (κ1) is 8.29. The fraction of sp³-hybridized carbons (Fsp3) is 0. The molecule has 0 nitrogen and oxygen atoms in total. The van der Waals surface area contributed by atoms with Crippen molar-refractivity contribution in [2.45, 2.75) is 0 Å². The maximum Gasteiger partial charge on any atom is 0.235 e. The van der Waals surface area contributed by atoms with Gasteiger partial charge in [-0.05, 0) is 6.07 Å². The third kappa shape index (κ3) is 0.978. The lowest BCUT2D eigenvalue weighted by Crippen LogP contribution is -1.90. The van der Waals surface area contributed by atoms with Crippen LogP contribution in [0.2, 0.25) is 0 Å². The lowest BCUT2D eigenvalue weighted by molar-refractivity contribution is 0.478. The first-order chi connectivity index (χ1) is 6.13. The second-order valence-corrected chi connectivity index (χ2v) is 2.60. The van der Waals surface area contributed by atoms with Gasteiger partial charge in [0, 0.05) is 5.56 Å². The van der Waals surface area contributed by atoms with E-state index in [9.17, 15) is 17.6 Å². The summed E-state index contributed by atoms with van der Waals surface area (Å²) in [5.41, 5.74) is -0.993. The average molecular weight is 187 g/mol. The highest BCUT2D eigenvalue weighted by Crippen LogP contribution is 2.44. The Hall–Kier alpha value is -1.32. The normalized spacial score (nSPS) is 16.6. The molecule has 0 bridgehead atoms. The molecule has 0 saturated carbocycles. The molecule has 1 aromatic rings. The van der Waals surface area contributed by atoms with Crippen LogP contribution in [0.3, 0.4) is 0 Å². The van der Waals surface area contributed by atoms with Gasteiger partial charge < -0.3 is 0 Å². The van der Waals surface area contributed by atoms with Gasteiger partial charge in [-0.25, -0.2) is 17.6 Å². The fourth-order valence-electron chi connectivity index (χ4n) is 1.25. The Labute approximate surface area is 71.5 Å². The molecule has 1 radical (unpaired) electrons.